The van der Waals surface area contributed by atoms with Crippen molar-refractivity contribution in [3.63, 3.8) is 0 Å². The van der Waals surface area contributed by atoms with Gasteiger partial charge >= 0.3 is 0 Å². The van der Waals surface area contributed by atoms with Gasteiger partial charge in [-0.1, -0.05) is 12.2 Å². The first kappa shape index (κ1) is 7.47. The molecule has 0 amide bonds. The highest BCUT2D eigenvalue weighted by Crippen LogP contribution is 2.30. The van der Waals surface area contributed by atoms with Crippen molar-refractivity contribution in [3.05, 3.63) is 24.3 Å². The first-order chi connectivity index (χ1) is 5.79. The third kappa shape index (κ3) is 1.04. The Morgan fingerprint density at radius 2 is 1.33 bits per heavy atom. The molecule has 0 unspecified atom stereocenters. The van der Waals surface area contributed by atoms with Crippen LogP contribution in [0.1, 0.15) is 12.8 Å². The van der Waals surface area contributed by atoms with Crippen molar-refractivity contribution in [3.8, 4) is 0 Å². The van der Waals surface area contributed by atoms with Crippen molar-refractivity contribution in [1.82, 2.24) is 0 Å². The van der Waals surface area contributed by atoms with Gasteiger partial charge in [0, 0.05) is 11.8 Å². The van der Waals surface area contributed by atoms with Crippen molar-refractivity contribution >= 4 is 11.6 Å². The minimum Gasteiger partial charge on any atom is -0.295 e. The Kier molecular flexibility index (Phi) is 1.68. The van der Waals surface area contributed by atoms with Crippen LogP contribution in [0.3, 0.4) is 0 Å². The minimum absolute atomic E-state index is 0.0625. The summed E-state index contributed by atoms with van der Waals surface area (Å²) < 4.78 is 0. The van der Waals surface area contributed by atoms with Crippen LogP contribution in [0.4, 0.5) is 0 Å². The molecule has 0 aliphatic heterocycles. The molecule has 0 aromatic rings. The van der Waals surface area contributed by atoms with E-state index in [1.807, 2.05) is 12.2 Å². The first-order valence-electron chi connectivity index (χ1n) is 4.20. The number of ketones is 2. The van der Waals surface area contributed by atoms with E-state index in [4.69, 9.17) is 0 Å². The zero-order valence-corrected chi connectivity index (χ0v) is 6.69. The number of rotatable bonds is 0. The standard InChI is InChI=1S/C10H10O2/c11-9-5-6-10(12)8-4-2-1-3-7(8)9/h1-2,5-8H,3-4H2/t7-,8-/m1/s1. The number of carbonyl (C=O) groups excluding carboxylic acids is 2. The molecular weight excluding hydrogens is 152 g/mol. The summed E-state index contributed by atoms with van der Waals surface area (Å²) in [7, 11) is 0. The fourth-order valence-corrected chi connectivity index (χ4v) is 1.85. The fraction of sp³-hybridized carbons (Fsp3) is 0.400. The molecule has 2 rings (SSSR count). The largest absolute Gasteiger partial charge is 0.295 e. The maximum atomic E-state index is 11.3. The van der Waals surface area contributed by atoms with Gasteiger partial charge < -0.3 is 0 Å². The molecule has 0 spiro atoms. The number of hydrogen-bond acceptors (Lipinski definition) is 2. The second-order valence-corrected chi connectivity index (χ2v) is 3.29. The van der Waals surface area contributed by atoms with Crippen LogP contribution in [0.2, 0.25) is 0 Å². The van der Waals surface area contributed by atoms with E-state index >= 15 is 0 Å². The molecule has 62 valence electrons. The normalized spacial score (nSPS) is 33.7. The number of fused-ring (bicyclic) bond motifs is 1. The Morgan fingerprint density at radius 1 is 0.917 bits per heavy atom. The van der Waals surface area contributed by atoms with Gasteiger partial charge in [0.15, 0.2) is 11.6 Å². The second-order valence-electron chi connectivity index (χ2n) is 3.29. The molecule has 2 aliphatic rings. The molecule has 0 heterocycles. The van der Waals surface area contributed by atoms with E-state index in [2.05, 4.69) is 0 Å². The van der Waals surface area contributed by atoms with Crippen LogP contribution in [0, 0.1) is 11.8 Å². The molecule has 0 radical (unpaired) electrons. The summed E-state index contributed by atoms with van der Waals surface area (Å²) in [5, 5.41) is 0. The van der Waals surface area contributed by atoms with Gasteiger partial charge in [0.05, 0.1) is 0 Å². The highest BCUT2D eigenvalue weighted by Gasteiger charge is 2.34. The van der Waals surface area contributed by atoms with E-state index in [9.17, 15) is 9.59 Å². The van der Waals surface area contributed by atoms with Gasteiger partial charge in [0.25, 0.3) is 0 Å². The van der Waals surface area contributed by atoms with E-state index in [1.165, 1.54) is 12.2 Å². The van der Waals surface area contributed by atoms with Gasteiger partial charge in [-0.2, -0.15) is 0 Å². The lowest BCUT2D eigenvalue weighted by Gasteiger charge is -2.26. The van der Waals surface area contributed by atoms with Gasteiger partial charge in [0.1, 0.15) is 0 Å². The SMILES string of the molecule is O=C1C=CC(=O)[C@@H]2CC=CC[C@@H]12. The van der Waals surface area contributed by atoms with E-state index in [0.29, 0.717) is 0 Å². The molecule has 12 heavy (non-hydrogen) atoms. The smallest absolute Gasteiger partial charge is 0.159 e. The topological polar surface area (TPSA) is 34.1 Å². The Morgan fingerprint density at radius 3 is 1.75 bits per heavy atom. The summed E-state index contributed by atoms with van der Waals surface area (Å²) in [5.74, 6) is 0.105. The number of carbonyl (C=O) groups is 2. The molecule has 0 bridgehead atoms. The first-order valence-corrected chi connectivity index (χ1v) is 4.20. The molecule has 2 aliphatic carbocycles. The Bertz CT molecular complexity index is 258. The lowest BCUT2D eigenvalue weighted by atomic mass is 9.75. The number of hydrogen-bond donors (Lipinski definition) is 0. The van der Waals surface area contributed by atoms with E-state index in [0.717, 1.165) is 12.8 Å². The predicted octanol–water partition coefficient (Wildman–Crippen LogP) is 1.28. The van der Waals surface area contributed by atoms with Crippen LogP contribution in [0.15, 0.2) is 24.3 Å². The summed E-state index contributed by atoms with van der Waals surface area (Å²) >= 11 is 0. The summed E-state index contributed by atoms with van der Waals surface area (Å²) in [5.41, 5.74) is 0. The van der Waals surface area contributed by atoms with Crippen LogP contribution in [0.25, 0.3) is 0 Å². The zero-order valence-electron chi connectivity index (χ0n) is 6.69. The van der Waals surface area contributed by atoms with Gasteiger partial charge in [0.2, 0.25) is 0 Å². The average Bonchev–Trinajstić information content (AvgIpc) is 2.12. The third-order valence-corrected chi connectivity index (χ3v) is 2.58. The number of allylic oxidation sites excluding steroid dienone is 4. The van der Waals surface area contributed by atoms with Gasteiger partial charge in [-0.15, -0.1) is 0 Å². The summed E-state index contributed by atoms with van der Waals surface area (Å²) in [4.78, 5) is 22.6. The van der Waals surface area contributed by atoms with Crippen molar-refractivity contribution < 1.29 is 9.59 Å². The average molecular weight is 162 g/mol. The summed E-state index contributed by atoms with van der Waals surface area (Å²) in [6.07, 6.45) is 8.29. The van der Waals surface area contributed by atoms with Crippen molar-refractivity contribution in [2.45, 2.75) is 12.8 Å². The van der Waals surface area contributed by atoms with Crippen molar-refractivity contribution in [2.75, 3.05) is 0 Å². The molecule has 2 heteroatoms. The molecule has 2 atom stereocenters. The van der Waals surface area contributed by atoms with Crippen molar-refractivity contribution in [1.29, 1.82) is 0 Å². The lowest BCUT2D eigenvalue weighted by molar-refractivity contribution is -0.129. The highest BCUT2D eigenvalue weighted by atomic mass is 16.1. The van der Waals surface area contributed by atoms with Crippen LogP contribution in [0.5, 0.6) is 0 Å². The predicted molar refractivity (Wildman–Crippen MR) is 44.5 cm³/mol. The molecule has 0 saturated heterocycles. The highest BCUT2D eigenvalue weighted by molar-refractivity contribution is 6.07. The molecule has 0 saturated carbocycles. The maximum absolute atomic E-state index is 11.3. The monoisotopic (exact) mass is 162 g/mol. The summed E-state index contributed by atoms with van der Waals surface area (Å²) in [6, 6.07) is 0. The van der Waals surface area contributed by atoms with Crippen LogP contribution in [-0.4, -0.2) is 11.6 Å². The third-order valence-electron chi connectivity index (χ3n) is 2.58. The van der Waals surface area contributed by atoms with E-state index in [1.54, 1.807) is 0 Å². The van der Waals surface area contributed by atoms with Crippen LogP contribution >= 0.6 is 0 Å². The molecule has 0 aromatic heterocycles. The second kappa shape index (κ2) is 2.70. The Balaban J connectivity index is 2.32. The van der Waals surface area contributed by atoms with Gasteiger partial charge in [-0.05, 0) is 25.0 Å². The van der Waals surface area contributed by atoms with Gasteiger partial charge in [-0.3, -0.25) is 9.59 Å². The maximum Gasteiger partial charge on any atom is 0.159 e. The Labute approximate surface area is 71.0 Å². The van der Waals surface area contributed by atoms with Crippen molar-refractivity contribution in [2.24, 2.45) is 11.8 Å². The van der Waals surface area contributed by atoms with Gasteiger partial charge in [-0.25, -0.2) is 0 Å². The zero-order chi connectivity index (χ0) is 8.55. The fourth-order valence-electron chi connectivity index (χ4n) is 1.85. The molecule has 2 nitrogen and oxygen atoms in total. The molecule has 0 N–H and O–H groups in total. The van der Waals surface area contributed by atoms with Crippen LogP contribution < -0.4 is 0 Å². The lowest BCUT2D eigenvalue weighted by Crippen LogP contribution is -2.32. The van der Waals surface area contributed by atoms with Crippen LogP contribution in [-0.2, 0) is 9.59 Å². The Hall–Kier alpha value is -1.18. The minimum atomic E-state index is -0.0625. The quantitative estimate of drug-likeness (QED) is 0.503. The molecule has 0 aromatic carbocycles. The van der Waals surface area contributed by atoms with E-state index < -0.39 is 0 Å². The molecule has 0 fully saturated rings. The summed E-state index contributed by atoms with van der Waals surface area (Å²) in [6.45, 7) is 0. The molecular formula is C10H10O2. The van der Waals surface area contributed by atoms with E-state index in [-0.39, 0.29) is 23.4 Å².